The van der Waals surface area contributed by atoms with Crippen molar-refractivity contribution in [2.24, 2.45) is 0 Å². The largest absolute Gasteiger partial charge is 0.467 e. The highest BCUT2D eigenvalue weighted by molar-refractivity contribution is 5.86. The Morgan fingerprint density at radius 3 is 2.09 bits per heavy atom. The second-order valence-electron chi connectivity index (χ2n) is 6.71. The first-order chi connectivity index (χ1) is 14.8. The van der Waals surface area contributed by atoms with Crippen molar-refractivity contribution in [3.63, 3.8) is 0 Å². The van der Waals surface area contributed by atoms with Gasteiger partial charge >= 0.3 is 18.3 Å². The minimum absolute atomic E-state index is 0.0442. The Kier molecular flexibility index (Phi) is 7.51. The van der Waals surface area contributed by atoms with Crippen LogP contribution in [0.2, 0.25) is 0 Å². The minimum Gasteiger partial charge on any atom is -0.467 e. The first kappa shape index (κ1) is 24.7. The van der Waals surface area contributed by atoms with Crippen LogP contribution in [0.25, 0.3) is 0 Å². The Bertz CT molecular complexity index is 1010. The van der Waals surface area contributed by atoms with E-state index >= 15 is 0 Å². The first-order valence-electron chi connectivity index (χ1n) is 8.98. The number of nitrogens with one attached hydrogen (secondary N) is 1. The van der Waals surface area contributed by atoms with E-state index in [1.807, 2.05) is 6.07 Å². The Labute approximate surface area is 178 Å². The average molecular weight is 458 g/mol. The maximum absolute atomic E-state index is 13.0. The van der Waals surface area contributed by atoms with Crippen LogP contribution in [0, 0.1) is 11.3 Å². The third-order valence-electron chi connectivity index (χ3n) is 4.39. The van der Waals surface area contributed by atoms with Gasteiger partial charge in [-0.05, 0) is 35.4 Å². The van der Waals surface area contributed by atoms with Crippen LogP contribution in [0.4, 0.5) is 26.3 Å². The SMILES string of the molecule is COC(=O)[C@H](Cc1ccccc1C#N)NC(=O)Cc1cc(C(F)(F)F)cc(C(F)(F)F)c1. The van der Waals surface area contributed by atoms with E-state index in [1.165, 1.54) is 12.1 Å². The average Bonchev–Trinajstić information content (AvgIpc) is 2.71. The summed E-state index contributed by atoms with van der Waals surface area (Å²) in [7, 11) is 1.04. The number of rotatable bonds is 6. The number of esters is 1. The molecule has 2 aromatic carbocycles. The highest BCUT2D eigenvalue weighted by atomic mass is 19.4. The molecule has 2 rings (SSSR count). The van der Waals surface area contributed by atoms with E-state index in [0.29, 0.717) is 17.7 Å². The van der Waals surface area contributed by atoms with Crippen LogP contribution in [0.1, 0.15) is 27.8 Å². The molecule has 0 aromatic heterocycles. The number of carbonyl (C=O) groups excluding carboxylic acids is 2. The zero-order chi connectivity index (χ0) is 24.1. The number of methoxy groups -OCH3 is 1. The lowest BCUT2D eigenvalue weighted by Crippen LogP contribution is -2.43. The summed E-state index contributed by atoms with van der Waals surface area (Å²) in [5, 5.41) is 11.4. The Hall–Kier alpha value is -3.55. The summed E-state index contributed by atoms with van der Waals surface area (Å²) in [6.07, 6.45) is -11.1. The van der Waals surface area contributed by atoms with Crippen molar-refractivity contribution in [2.45, 2.75) is 31.2 Å². The van der Waals surface area contributed by atoms with E-state index in [0.717, 1.165) is 7.11 Å². The summed E-state index contributed by atoms with van der Waals surface area (Å²) < 4.78 is 82.6. The maximum atomic E-state index is 13.0. The number of carbonyl (C=O) groups is 2. The van der Waals surface area contributed by atoms with Gasteiger partial charge in [0.05, 0.1) is 36.3 Å². The zero-order valence-corrected chi connectivity index (χ0v) is 16.5. The van der Waals surface area contributed by atoms with Gasteiger partial charge in [0, 0.05) is 6.42 Å². The molecule has 0 unspecified atom stereocenters. The van der Waals surface area contributed by atoms with Gasteiger partial charge < -0.3 is 10.1 Å². The van der Waals surface area contributed by atoms with Crippen LogP contribution in [0.15, 0.2) is 42.5 Å². The van der Waals surface area contributed by atoms with Gasteiger partial charge in [0.2, 0.25) is 5.91 Å². The summed E-state index contributed by atoms with van der Waals surface area (Å²) >= 11 is 0. The summed E-state index contributed by atoms with van der Waals surface area (Å²) in [6, 6.07) is 7.62. The molecule has 1 atom stereocenters. The van der Waals surface area contributed by atoms with Gasteiger partial charge in [0.1, 0.15) is 6.04 Å². The van der Waals surface area contributed by atoms with E-state index in [2.05, 4.69) is 10.1 Å². The van der Waals surface area contributed by atoms with Crippen molar-refractivity contribution >= 4 is 11.9 Å². The number of ether oxygens (including phenoxy) is 1. The van der Waals surface area contributed by atoms with Crippen molar-refractivity contribution in [1.82, 2.24) is 5.32 Å². The lowest BCUT2D eigenvalue weighted by Gasteiger charge is -2.18. The molecule has 0 bridgehead atoms. The molecule has 0 aliphatic rings. The zero-order valence-electron chi connectivity index (χ0n) is 16.5. The normalized spacial score (nSPS) is 12.6. The van der Waals surface area contributed by atoms with Crippen molar-refractivity contribution in [2.75, 3.05) is 7.11 Å². The van der Waals surface area contributed by atoms with E-state index in [-0.39, 0.29) is 18.1 Å². The van der Waals surface area contributed by atoms with E-state index < -0.39 is 53.4 Å². The number of amides is 1. The van der Waals surface area contributed by atoms with E-state index in [9.17, 15) is 35.9 Å². The summed E-state index contributed by atoms with van der Waals surface area (Å²) in [5.41, 5.74) is -3.02. The minimum atomic E-state index is -5.05. The number of nitriles is 1. The van der Waals surface area contributed by atoms with Gasteiger partial charge in [-0.3, -0.25) is 4.79 Å². The second-order valence-corrected chi connectivity index (χ2v) is 6.71. The fourth-order valence-corrected chi connectivity index (χ4v) is 2.91. The number of nitrogens with zero attached hydrogens (tertiary/aromatic N) is 1. The van der Waals surface area contributed by atoms with Crippen LogP contribution < -0.4 is 5.32 Å². The fourth-order valence-electron chi connectivity index (χ4n) is 2.91. The quantitative estimate of drug-likeness (QED) is 0.524. The Balaban J connectivity index is 2.28. The number of benzene rings is 2. The predicted molar refractivity (Wildman–Crippen MR) is 99.0 cm³/mol. The molecule has 0 aliphatic heterocycles. The molecule has 32 heavy (non-hydrogen) atoms. The molecule has 0 fully saturated rings. The molecule has 1 N–H and O–H groups in total. The van der Waals surface area contributed by atoms with Gasteiger partial charge in [0.15, 0.2) is 0 Å². The highest BCUT2D eigenvalue weighted by Crippen LogP contribution is 2.36. The van der Waals surface area contributed by atoms with Crippen molar-refractivity contribution in [3.8, 4) is 6.07 Å². The lowest BCUT2D eigenvalue weighted by atomic mass is 10.00. The molecule has 0 saturated carbocycles. The van der Waals surface area contributed by atoms with Crippen molar-refractivity contribution in [1.29, 1.82) is 5.26 Å². The summed E-state index contributed by atoms with van der Waals surface area (Å²) in [5.74, 6) is -1.89. The van der Waals surface area contributed by atoms with E-state index in [1.54, 1.807) is 12.1 Å². The predicted octanol–water partition coefficient (Wildman–Crippen LogP) is 4.04. The van der Waals surface area contributed by atoms with Crippen molar-refractivity contribution in [3.05, 3.63) is 70.3 Å². The second kappa shape index (κ2) is 9.72. The van der Waals surface area contributed by atoms with Gasteiger partial charge in [-0.15, -0.1) is 0 Å². The molecule has 0 heterocycles. The molecule has 170 valence electrons. The Morgan fingerprint density at radius 1 is 1.03 bits per heavy atom. The fraction of sp³-hybridized carbons (Fsp3) is 0.286. The number of alkyl halides is 6. The van der Waals surface area contributed by atoms with Gasteiger partial charge in [-0.2, -0.15) is 31.6 Å². The molecule has 2 aromatic rings. The molecular formula is C21H16F6N2O3. The highest BCUT2D eigenvalue weighted by Gasteiger charge is 2.37. The molecular weight excluding hydrogens is 442 g/mol. The first-order valence-corrected chi connectivity index (χ1v) is 8.98. The standard InChI is InChI=1S/C21H16F6N2O3/c1-32-19(31)17(9-13-4-2-3-5-14(13)11-28)29-18(30)8-12-6-15(20(22,23)24)10-16(7-12)21(25,26)27/h2-7,10,17H,8-9H2,1H3,(H,29,30)/t17-/m0/s1. The third kappa shape index (κ3) is 6.47. The molecule has 0 saturated heterocycles. The van der Waals surface area contributed by atoms with Crippen molar-refractivity contribution < 1.29 is 40.7 Å². The molecule has 5 nitrogen and oxygen atoms in total. The maximum Gasteiger partial charge on any atom is 0.416 e. The lowest BCUT2D eigenvalue weighted by molar-refractivity contribution is -0.145. The topological polar surface area (TPSA) is 79.2 Å². The van der Waals surface area contributed by atoms with Gasteiger partial charge in [0.25, 0.3) is 0 Å². The smallest absolute Gasteiger partial charge is 0.416 e. The van der Waals surface area contributed by atoms with E-state index in [4.69, 9.17) is 5.26 Å². The molecule has 0 aliphatic carbocycles. The summed E-state index contributed by atoms with van der Waals surface area (Å²) in [4.78, 5) is 24.4. The summed E-state index contributed by atoms with van der Waals surface area (Å²) in [6.45, 7) is 0. The van der Waals surface area contributed by atoms with Gasteiger partial charge in [-0.1, -0.05) is 18.2 Å². The van der Waals surface area contributed by atoms with Gasteiger partial charge in [-0.25, -0.2) is 4.79 Å². The number of hydrogen-bond donors (Lipinski definition) is 1. The third-order valence-corrected chi connectivity index (χ3v) is 4.39. The van der Waals surface area contributed by atoms with Crippen LogP contribution in [0.3, 0.4) is 0 Å². The molecule has 0 spiro atoms. The molecule has 11 heteroatoms. The number of hydrogen-bond acceptors (Lipinski definition) is 4. The van der Waals surface area contributed by atoms with Crippen LogP contribution in [-0.4, -0.2) is 25.0 Å². The van der Waals surface area contributed by atoms with Crippen LogP contribution >= 0.6 is 0 Å². The van der Waals surface area contributed by atoms with Crippen LogP contribution in [0.5, 0.6) is 0 Å². The molecule has 0 radical (unpaired) electrons. The monoisotopic (exact) mass is 458 g/mol. The number of halogens is 6. The molecule has 1 amide bonds. The van der Waals surface area contributed by atoms with Crippen LogP contribution in [-0.2, 0) is 39.5 Å². The Morgan fingerprint density at radius 2 is 1.59 bits per heavy atom.